The Kier molecular flexibility index (Phi) is 4.82. The number of rotatable bonds is 3. The van der Waals surface area contributed by atoms with Gasteiger partial charge in [0.15, 0.2) is 0 Å². The van der Waals surface area contributed by atoms with Crippen LogP contribution in [-0.2, 0) is 28.8 Å². The Bertz CT molecular complexity index is 271. The molecular formula is C6H5FO7. The molecule has 0 spiro atoms. The van der Waals surface area contributed by atoms with E-state index in [1.54, 1.807) is 0 Å². The first-order valence-electron chi connectivity index (χ1n) is 3.28. The number of ether oxygens (including phenoxy) is 2. The van der Waals surface area contributed by atoms with E-state index in [-0.39, 0.29) is 6.61 Å². The number of hydrogen-bond acceptors (Lipinski definition) is 7. The molecular weight excluding hydrogens is 203 g/mol. The molecule has 8 heteroatoms. The normalized spacial score (nSPS) is 8.71. The molecule has 0 rings (SSSR count). The molecule has 0 unspecified atom stereocenters. The van der Waals surface area contributed by atoms with Crippen LogP contribution in [0, 0.1) is 0 Å². The van der Waals surface area contributed by atoms with Crippen LogP contribution >= 0.6 is 0 Å². The van der Waals surface area contributed by atoms with Gasteiger partial charge in [-0.05, 0) is 6.92 Å². The van der Waals surface area contributed by atoms with Crippen LogP contribution in [-0.4, -0.2) is 30.5 Å². The van der Waals surface area contributed by atoms with Gasteiger partial charge < -0.3 is 9.47 Å². The molecule has 0 amide bonds. The van der Waals surface area contributed by atoms with Gasteiger partial charge in [0.1, 0.15) is 0 Å². The van der Waals surface area contributed by atoms with E-state index in [0.29, 0.717) is 0 Å². The molecule has 14 heavy (non-hydrogen) atoms. The van der Waals surface area contributed by atoms with E-state index in [0.717, 1.165) is 0 Å². The Hall–Kier alpha value is -1.99. The third kappa shape index (κ3) is 3.61. The lowest BCUT2D eigenvalue weighted by atomic mass is 10.4. The predicted octanol–water partition coefficient (Wildman–Crippen LogP) is -0.317. The van der Waals surface area contributed by atoms with Gasteiger partial charge in [-0.25, -0.2) is 19.3 Å². The van der Waals surface area contributed by atoms with Crippen molar-refractivity contribution in [3.63, 3.8) is 0 Å². The Morgan fingerprint density at radius 1 is 1.14 bits per heavy atom. The van der Waals surface area contributed by atoms with E-state index >= 15 is 0 Å². The standard InChI is InChI=1S/C6H5FO7/c1-2-12-6(11)13-4(9)3(8)5(10)14-7/h2H2,1H3. The molecule has 0 bridgehead atoms. The minimum atomic E-state index is -2.07. The molecule has 0 radical (unpaired) electrons. The van der Waals surface area contributed by atoms with Crippen LogP contribution in [0.3, 0.4) is 0 Å². The van der Waals surface area contributed by atoms with E-state index in [1.807, 2.05) is 0 Å². The third-order valence-electron chi connectivity index (χ3n) is 0.879. The minimum absolute atomic E-state index is 0.0894. The molecule has 0 aliphatic carbocycles. The molecule has 0 saturated heterocycles. The smallest absolute Gasteiger partial charge is 0.434 e. The Balaban J connectivity index is 4.15. The number of carbonyl (C=O) groups excluding carboxylic acids is 4. The van der Waals surface area contributed by atoms with Crippen LogP contribution in [0.15, 0.2) is 0 Å². The fourth-order valence-electron chi connectivity index (χ4n) is 0.388. The zero-order valence-corrected chi connectivity index (χ0v) is 6.94. The van der Waals surface area contributed by atoms with Crippen LogP contribution < -0.4 is 0 Å². The summed E-state index contributed by atoms with van der Waals surface area (Å²) in [5, 5.41) is 0. The molecule has 0 aromatic heterocycles. The van der Waals surface area contributed by atoms with Crippen molar-refractivity contribution >= 4 is 23.9 Å². The van der Waals surface area contributed by atoms with E-state index in [2.05, 4.69) is 14.4 Å². The maximum absolute atomic E-state index is 11.1. The minimum Gasteiger partial charge on any atom is -0.434 e. The molecule has 0 fully saturated rings. The summed E-state index contributed by atoms with van der Waals surface area (Å²) >= 11 is 0. The second-order valence-corrected chi connectivity index (χ2v) is 1.77. The van der Waals surface area contributed by atoms with E-state index in [9.17, 15) is 23.7 Å². The lowest BCUT2D eigenvalue weighted by molar-refractivity contribution is -0.188. The number of halogens is 1. The van der Waals surface area contributed by atoms with Crippen molar-refractivity contribution < 1.29 is 38.1 Å². The second-order valence-electron chi connectivity index (χ2n) is 1.77. The summed E-state index contributed by atoms with van der Waals surface area (Å²) in [7, 11) is 0. The average Bonchev–Trinajstić information content (AvgIpc) is 2.15. The van der Waals surface area contributed by atoms with Gasteiger partial charge >= 0.3 is 23.9 Å². The summed E-state index contributed by atoms with van der Waals surface area (Å²) < 4.78 is 18.8. The van der Waals surface area contributed by atoms with Gasteiger partial charge in [0, 0.05) is 4.53 Å². The van der Waals surface area contributed by atoms with Gasteiger partial charge in [-0.2, -0.15) is 0 Å². The van der Waals surface area contributed by atoms with Crippen LogP contribution in [0.2, 0.25) is 0 Å². The molecule has 78 valence electrons. The van der Waals surface area contributed by atoms with E-state index in [1.165, 1.54) is 6.92 Å². The quantitative estimate of drug-likeness (QED) is 0.356. The molecule has 0 atom stereocenters. The van der Waals surface area contributed by atoms with Crippen molar-refractivity contribution in [1.82, 2.24) is 0 Å². The van der Waals surface area contributed by atoms with Crippen LogP contribution in [0.5, 0.6) is 0 Å². The first-order valence-corrected chi connectivity index (χ1v) is 3.28. The van der Waals surface area contributed by atoms with Gasteiger partial charge in [-0.15, -0.1) is 0 Å². The van der Waals surface area contributed by atoms with Crippen molar-refractivity contribution in [2.24, 2.45) is 0 Å². The third-order valence-corrected chi connectivity index (χ3v) is 0.879. The highest BCUT2D eigenvalue weighted by molar-refractivity contribution is 6.60. The molecule has 0 aromatic carbocycles. The summed E-state index contributed by atoms with van der Waals surface area (Å²) in [6.07, 6.45) is -1.46. The van der Waals surface area contributed by atoms with Crippen molar-refractivity contribution in [2.75, 3.05) is 6.61 Å². The van der Waals surface area contributed by atoms with Crippen molar-refractivity contribution in [1.29, 1.82) is 0 Å². The Morgan fingerprint density at radius 2 is 1.71 bits per heavy atom. The lowest BCUT2D eigenvalue weighted by Gasteiger charge is -1.99. The predicted molar refractivity (Wildman–Crippen MR) is 35.3 cm³/mol. The highest BCUT2D eigenvalue weighted by Gasteiger charge is 2.29. The van der Waals surface area contributed by atoms with E-state index in [4.69, 9.17) is 0 Å². The van der Waals surface area contributed by atoms with Gasteiger partial charge in [0.05, 0.1) is 6.61 Å². The SMILES string of the molecule is CCOC(=O)OC(=O)C(=O)C(=O)OF. The van der Waals surface area contributed by atoms with Gasteiger partial charge in [-0.1, -0.05) is 0 Å². The highest BCUT2D eigenvalue weighted by atomic mass is 19.3. The monoisotopic (exact) mass is 208 g/mol. The van der Waals surface area contributed by atoms with Crippen molar-refractivity contribution in [3.05, 3.63) is 0 Å². The summed E-state index contributed by atoms with van der Waals surface area (Å²) in [5.74, 6) is -5.88. The molecule has 0 aliphatic heterocycles. The molecule has 0 heterocycles. The number of hydrogen-bond donors (Lipinski definition) is 0. The number of esters is 1. The molecule has 0 N–H and O–H groups in total. The van der Waals surface area contributed by atoms with E-state index < -0.39 is 23.9 Å². The summed E-state index contributed by atoms with van der Waals surface area (Å²) in [6, 6.07) is 0. The van der Waals surface area contributed by atoms with Crippen LogP contribution in [0.1, 0.15) is 6.92 Å². The maximum atomic E-state index is 11.1. The molecule has 0 aromatic rings. The van der Waals surface area contributed by atoms with Crippen molar-refractivity contribution in [2.45, 2.75) is 6.92 Å². The highest BCUT2D eigenvalue weighted by Crippen LogP contribution is 1.90. The maximum Gasteiger partial charge on any atom is 0.516 e. The molecule has 0 saturated carbocycles. The molecule has 0 aliphatic rings. The first-order chi connectivity index (χ1) is 6.52. The Labute approximate surface area is 76.6 Å². The number of ketones is 1. The largest absolute Gasteiger partial charge is 0.516 e. The first kappa shape index (κ1) is 12.0. The zero-order chi connectivity index (χ0) is 11.1. The van der Waals surface area contributed by atoms with Gasteiger partial charge in [0.25, 0.3) is 0 Å². The lowest BCUT2D eigenvalue weighted by Crippen LogP contribution is -2.28. The summed E-state index contributed by atoms with van der Waals surface area (Å²) in [4.78, 5) is 43.8. The van der Waals surface area contributed by atoms with Crippen molar-refractivity contribution in [3.8, 4) is 0 Å². The van der Waals surface area contributed by atoms with Crippen LogP contribution in [0.25, 0.3) is 0 Å². The summed E-state index contributed by atoms with van der Waals surface area (Å²) in [5.41, 5.74) is 0. The fourth-order valence-corrected chi connectivity index (χ4v) is 0.388. The van der Waals surface area contributed by atoms with Gasteiger partial charge in [0.2, 0.25) is 0 Å². The zero-order valence-electron chi connectivity index (χ0n) is 6.94. The second kappa shape index (κ2) is 5.62. The number of Topliss-reactive ketones (excluding diaryl/α,β-unsaturated/α-hetero) is 1. The van der Waals surface area contributed by atoms with Crippen LogP contribution in [0.4, 0.5) is 9.32 Å². The average molecular weight is 208 g/mol. The number of carbonyl (C=O) groups is 4. The fraction of sp³-hybridized carbons (Fsp3) is 0.333. The Morgan fingerprint density at radius 3 is 2.14 bits per heavy atom. The van der Waals surface area contributed by atoms with Gasteiger partial charge in [-0.3, -0.25) is 4.79 Å². The molecule has 7 nitrogen and oxygen atoms in total. The summed E-state index contributed by atoms with van der Waals surface area (Å²) in [6.45, 7) is 1.33. The topological polar surface area (TPSA) is 96.0 Å².